The zero-order chi connectivity index (χ0) is 15.4. The first kappa shape index (κ1) is 14.6. The standard InChI is InChI=1S/C17H11ClN2OS/c18-13-5-3-4-12(10-13)16(21)8-7-14-11-22-17(20-14)15-6-1-2-9-19-15/h1-11H/b8-7+. The van der Waals surface area contributed by atoms with Crippen LogP contribution in [-0.2, 0) is 0 Å². The number of carbonyl (C=O) groups excluding carboxylic acids is 1. The van der Waals surface area contributed by atoms with Crippen molar-refractivity contribution in [3.8, 4) is 10.7 Å². The van der Waals surface area contributed by atoms with E-state index in [4.69, 9.17) is 11.6 Å². The average Bonchev–Trinajstić information content (AvgIpc) is 3.02. The molecule has 0 aliphatic heterocycles. The summed E-state index contributed by atoms with van der Waals surface area (Å²) in [7, 11) is 0. The lowest BCUT2D eigenvalue weighted by atomic mass is 10.1. The second-order valence-corrected chi connectivity index (χ2v) is 5.79. The number of pyridine rings is 1. The van der Waals surface area contributed by atoms with Gasteiger partial charge in [0.05, 0.1) is 11.4 Å². The van der Waals surface area contributed by atoms with Crippen LogP contribution in [-0.4, -0.2) is 15.8 Å². The van der Waals surface area contributed by atoms with Gasteiger partial charge in [-0.1, -0.05) is 29.8 Å². The van der Waals surface area contributed by atoms with Crippen LogP contribution in [0.4, 0.5) is 0 Å². The fourth-order valence-corrected chi connectivity index (χ4v) is 2.82. The number of hydrogen-bond acceptors (Lipinski definition) is 4. The van der Waals surface area contributed by atoms with Crippen LogP contribution >= 0.6 is 22.9 Å². The molecular weight excluding hydrogens is 316 g/mol. The van der Waals surface area contributed by atoms with Gasteiger partial charge in [-0.05, 0) is 36.4 Å². The first-order valence-corrected chi connectivity index (χ1v) is 7.83. The molecule has 0 bridgehead atoms. The first-order chi connectivity index (χ1) is 10.7. The maximum atomic E-state index is 12.1. The molecule has 0 aliphatic carbocycles. The Morgan fingerprint density at radius 2 is 2.09 bits per heavy atom. The van der Waals surface area contributed by atoms with E-state index >= 15 is 0 Å². The molecule has 108 valence electrons. The lowest BCUT2D eigenvalue weighted by Crippen LogP contribution is -1.93. The molecule has 0 aliphatic rings. The molecule has 5 heteroatoms. The summed E-state index contributed by atoms with van der Waals surface area (Å²) >= 11 is 7.38. The van der Waals surface area contributed by atoms with Crippen molar-refractivity contribution in [3.05, 3.63) is 76.4 Å². The number of nitrogens with zero attached hydrogens (tertiary/aromatic N) is 2. The summed E-state index contributed by atoms with van der Waals surface area (Å²) in [5, 5.41) is 3.27. The number of benzene rings is 1. The van der Waals surface area contributed by atoms with E-state index in [-0.39, 0.29) is 5.78 Å². The van der Waals surface area contributed by atoms with Crippen molar-refractivity contribution in [2.45, 2.75) is 0 Å². The van der Waals surface area contributed by atoms with E-state index in [1.165, 1.54) is 17.4 Å². The summed E-state index contributed by atoms with van der Waals surface area (Å²) in [6, 6.07) is 12.6. The third-order valence-corrected chi connectivity index (χ3v) is 4.04. The lowest BCUT2D eigenvalue weighted by Gasteiger charge is -1.95. The molecule has 2 heterocycles. The van der Waals surface area contributed by atoms with Gasteiger partial charge in [0, 0.05) is 22.2 Å². The minimum atomic E-state index is -0.102. The van der Waals surface area contributed by atoms with Gasteiger partial charge in [0.2, 0.25) is 0 Å². The van der Waals surface area contributed by atoms with Gasteiger partial charge in [-0.2, -0.15) is 0 Å². The zero-order valence-electron chi connectivity index (χ0n) is 11.4. The zero-order valence-corrected chi connectivity index (χ0v) is 13.0. The van der Waals surface area contributed by atoms with Gasteiger partial charge in [0.15, 0.2) is 5.78 Å². The molecule has 1 aromatic carbocycles. The van der Waals surface area contributed by atoms with Crippen molar-refractivity contribution >= 4 is 34.8 Å². The molecule has 0 spiro atoms. The fraction of sp³-hybridized carbons (Fsp3) is 0. The van der Waals surface area contributed by atoms with Gasteiger partial charge < -0.3 is 0 Å². The Hall–Kier alpha value is -2.30. The number of hydrogen-bond donors (Lipinski definition) is 0. The molecular formula is C17H11ClN2OS. The fourth-order valence-electron chi connectivity index (χ4n) is 1.87. The van der Waals surface area contributed by atoms with E-state index in [0.717, 1.165) is 16.4 Å². The molecule has 0 saturated heterocycles. The van der Waals surface area contributed by atoms with Crippen molar-refractivity contribution in [1.82, 2.24) is 9.97 Å². The quantitative estimate of drug-likeness (QED) is 0.513. The first-order valence-electron chi connectivity index (χ1n) is 6.57. The normalized spacial score (nSPS) is 11.0. The highest BCUT2D eigenvalue weighted by Gasteiger charge is 2.05. The Balaban J connectivity index is 1.76. The number of halogens is 1. The summed E-state index contributed by atoms with van der Waals surface area (Å²) in [6.07, 6.45) is 4.93. The van der Waals surface area contributed by atoms with Gasteiger partial charge in [-0.3, -0.25) is 9.78 Å². The molecule has 0 unspecified atom stereocenters. The van der Waals surface area contributed by atoms with Crippen LogP contribution in [0.5, 0.6) is 0 Å². The number of aromatic nitrogens is 2. The minimum absolute atomic E-state index is 0.102. The maximum absolute atomic E-state index is 12.1. The average molecular weight is 327 g/mol. The highest BCUT2D eigenvalue weighted by molar-refractivity contribution is 7.13. The number of rotatable bonds is 4. The van der Waals surface area contributed by atoms with Crippen LogP contribution in [0.2, 0.25) is 5.02 Å². The van der Waals surface area contributed by atoms with E-state index in [2.05, 4.69) is 9.97 Å². The highest BCUT2D eigenvalue weighted by atomic mass is 35.5. The Morgan fingerprint density at radius 1 is 1.18 bits per heavy atom. The Morgan fingerprint density at radius 3 is 2.86 bits per heavy atom. The molecule has 0 amide bonds. The van der Waals surface area contributed by atoms with Gasteiger partial charge in [0.1, 0.15) is 5.01 Å². The lowest BCUT2D eigenvalue weighted by molar-refractivity contribution is 0.104. The van der Waals surface area contributed by atoms with Crippen molar-refractivity contribution < 1.29 is 4.79 Å². The summed E-state index contributed by atoms with van der Waals surface area (Å²) in [4.78, 5) is 20.8. The van der Waals surface area contributed by atoms with E-state index < -0.39 is 0 Å². The van der Waals surface area contributed by atoms with Crippen molar-refractivity contribution in [2.24, 2.45) is 0 Å². The Labute approximate surface area is 136 Å². The predicted octanol–water partition coefficient (Wildman–Crippen LogP) is 4.75. The number of thiazole rings is 1. The van der Waals surface area contributed by atoms with E-state index in [0.29, 0.717) is 10.6 Å². The van der Waals surface area contributed by atoms with Crippen LogP contribution in [0.25, 0.3) is 16.8 Å². The Bertz CT molecular complexity index is 827. The maximum Gasteiger partial charge on any atom is 0.185 e. The summed E-state index contributed by atoms with van der Waals surface area (Å²) < 4.78 is 0. The molecule has 0 fully saturated rings. The van der Waals surface area contributed by atoms with E-state index in [9.17, 15) is 4.79 Å². The largest absolute Gasteiger partial charge is 0.289 e. The van der Waals surface area contributed by atoms with Crippen LogP contribution < -0.4 is 0 Å². The summed E-state index contributed by atoms with van der Waals surface area (Å²) in [5.74, 6) is -0.102. The van der Waals surface area contributed by atoms with Crippen molar-refractivity contribution in [1.29, 1.82) is 0 Å². The summed E-state index contributed by atoms with van der Waals surface area (Å²) in [5.41, 5.74) is 2.12. The molecule has 22 heavy (non-hydrogen) atoms. The summed E-state index contributed by atoms with van der Waals surface area (Å²) in [6.45, 7) is 0. The SMILES string of the molecule is O=C(/C=C/c1csc(-c2ccccn2)n1)c1cccc(Cl)c1. The number of carbonyl (C=O) groups is 1. The van der Waals surface area contributed by atoms with Gasteiger partial charge >= 0.3 is 0 Å². The second kappa shape index (κ2) is 6.64. The monoisotopic (exact) mass is 326 g/mol. The molecule has 0 radical (unpaired) electrons. The van der Waals surface area contributed by atoms with Crippen LogP contribution in [0, 0.1) is 0 Å². The molecule has 0 N–H and O–H groups in total. The van der Waals surface area contributed by atoms with Crippen LogP contribution in [0.1, 0.15) is 16.1 Å². The molecule has 2 aromatic heterocycles. The van der Waals surface area contributed by atoms with Crippen LogP contribution in [0.15, 0.2) is 60.1 Å². The smallest absolute Gasteiger partial charge is 0.185 e. The van der Waals surface area contributed by atoms with Crippen LogP contribution in [0.3, 0.4) is 0 Å². The minimum Gasteiger partial charge on any atom is -0.289 e. The van der Waals surface area contributed by atoms with E-state index in [1.54, 1.807) is 36.5 Å². The second-order valence-electron chi connectivity index (χ2n) is 4.50. The van der Waals surface area contributed by atoms with Crippen molar-refractivity contribution in [3.63, 3.8) is 0 Å². The molecule has 3 aromatic rings. The molecule has 0 saturated carbocycles. The third-order valence-electron chi connectivity index (χ3n) is 2.92. The van der Waals surface area contributed by atoms with Gasteiger partial charge in [-0.25, -0.2) is 4.98 Å². The topological polar surface area (TPSA) is 42.9 Å². The molecule has 0 atom stereocenters. The van der Waals surface area contributed by atoms with E-state index in [1.807, 2.05) is 23.6 Å². The predicted molar refractivity (Wildman–Crippen MR) is 90.2 cm³/mol. The number of ketones is 1. The highest BCUT2D eigenvalue weighted by Crippen LogP contribution is 2.22. The third kappa shape index (κ3) is 3.47. The van der Waals surface area contributed by atoms with Crippen molar-refractivity contribution in [2.75, 3.05) is 0 Å². The number of allylic oxidation sites excluding steroid dienone is 1. The van der Waals surface area contributed by atoms with Gasteiger partial charge in [-0.15, -0.1) is 11.3 Å². The van der Waals surface area contributed by atoms with Gasteiger partial charge in [0.25, 0.3) is 0 Å². The Kier molecular flexibility index (Phi) is 4.42. The molecule has 3 rings (SSSR count). The molecule has 3 nitrogen and oxygen atoms in total.